The van der Waals surface area contributed by atoms with E-state index in [1.807, 2.05) is 25.1 Å². The van der Waals surface area contributed by atoms with Gasteiger partial charge in [0.1, 0.15) is 17.4 Å². The van der Waals surface area contributed by atoms with Crippen LogP contribution in [0.3, 0.4) is 0 Å². The molecule has 0 unspecified atom stereocenters. The summed E-state index contributed by atoms with van der Waals surface area (Å²) in [5.41, 5.74) is 1.09. The van der Waals surface area contributed by atoms with Crippen LogP contribution in [0.15, 0.2) is 48.0 Å². The maximum Gasteiger partial charge on any atom is 0.231 e. The molecule has 0 fully saturated rings. The molecule has 0 amide bonds. The van der Waals surface area contributed by atoms with Gasteiger partial charge in [-0.2, -0.15) is 5.26 Å². The van der Waals surface area contributed by atoms with Gasteiger partial charge in [0.15, 0.2) is 11.5 Å². The number of fused-ring (bicyclic) bond motifs is 1. The van der Waals surface area contributed by atoms with Gasteiger partial charge in [-0.25, -0.2) is 0 Å². The highest BCUT2D eigenvalue weighted by Crippen LogP contribution is 2.33. The van der Waals surface area contributed by atoms with Gasteiger partial charge in [0.05, 0.1) is 6.61 Å². The van der Waals surface area contributed by atoms with Gasteiger partial charge in [-0.1, -0.05) is 18.2 Å². The van der Waals surface area contributed by atoms with Crippen LogP contribution in [0.1, 0.15) is 22.8 Å². The molecule has 3 rings (SSSR count). The van der Waals surface area contributed by atoms with E-state index in [1.54, 1.807) is 30.3 Å². The van der Waals surface area contributed by atoms with E-state index in [1.165, 1.54) is 6.08 Å². The molecule has 0 spiro atoms. The summed E-state index contributed by atoms with van der Waals surface area (Å²) in [7, 11) is 0. The Morgan fingerprint density at radius 2 is 2.04 bits per heavy atom. The Kier molecular flexibility index (Phi) is 4.48. The van der Waals surface area contributed by atoms with Gasteiger partial charge in [0, 0.05) is 11.1 Å². The second-order valence-corrected chi connectivity index (χ2v) is 5.04. The predicted octanol–water partition coefficient (Wildman–Crippen LogP) is 3.60. The van der Waals surface area contributed by atoms with Crippen molar-refractivity contribution in [3.63, 3.8) is 0 Å². The Balaban J connectivity index is 1.94. The molecule has 0 saturated heterocycles. The average Bonchev–Trinajstić information content (AvgIpc) is 3.08. The number of para-hydroxylation sites is 1. The fraction of sp³-hybridized carbons (Fsp3) is 0.158. The molecule has 2 aromatic rings. The Bertz CT molecular complexity index is 849. The number of nitriles is 1. The third-order valence-electron chi connectivity index (χ3n) is 3.52. The van der Waals surface area contributed by atoms with Crippen molar-refractivity contribution in [2.75, 3.05) is 13.4 Å². The molecule has 1 heterocycles. The fourth-order valence-electron chi connectivity index (χ4n) is 2.38. The quantitative estimate of drug-likeness (QED) is 0.478. The molecule has 0 radical (unpaired) electrons. The second-order valence-electron chi connectivity index (χ2n) is 5.04. The first-order valence-electron chi connectivity index (χ1n) is 7.51. The molecule has 1 aliphatic heterocycles. The van der Waals surface area contributed by atoms with Crippen LogP contribution in [0.5, 0.6) is 17.2 Å². The van der Waals surface area contributed by atoms with Gasteiger partial charge < -0.3 is 14.2 Å². The van der Waals surface area contributed by atoms with E-state index in [4.69, 9.17) is 14.2 Å². The van der Waals surface area contributed by atoms with E-state index in [9.17, 15) is 10.1 Å². The minimum atomic E-state index is -0.373. The van der Waals surface area contributed by atoms with Crippen molar-refractivity contribution in [2.45, 2.75) is 6.92 Å². The zero-order chi connectivity index (χ0) is 16.9. The van der Waals surface area contributed by atoms with Crippen LogP contribution in [0, 0.1) is 11.3 Å². The number of carbonyl (C=O) groups excluding carboxylic acids is 1. The Morgan fingerprint density at radius 3 is 2.83 bits per heavy atom. The van der Waals surface area contributed by atoms with Crippen LogP contribution >= 0.6 is 0 Å². The number of hydrogen-bond acceptors (Lipinski definition) is 5. The highest BCUT2D eigenvalue weighted by atomic mass is 16.7. The third-order valence-corrected chi connectivity index (χ3v) is 3.52. The van der Waals surface area contributed by atoms with Crippen molar-refractivity contribution >= 4 is 11.9 Å². The molecular weight excluding hydrogens is 306 g/mol. The van der Waals surface area contributed by atoms with E-state index in [-0.39, 0.29) is 18.1 Å². The summed E-state index contributed by atoms with van der Waals surface area (Å²) in [5.74, 6) is 1.36. The minimum absolute atomic E-state index is 0.0287. The lowest BCUT2D eigenvalue weighted by Crippen LogP contribution is -2.02. The lowest BCUT2D eigenvalue weighted by atomic mass is 10.0. The van der Waals surface area contributed by atoms with Gasteiger partial charge in [0.2, 0.25) is 12.6 Å². The number of allylic oxidation sites excluding steroid dienone is 1. The number of rotatable bonds is 5. The first-order valence-corrected chi connectivity index (χ1v) is 7.51. The summed E-state index contributed by atoms with van der Waals surface area (Å²) >= 11 is 0. The summed E-state index contributed by atoms with van der Waals surface area (Å²) < 4.78 is 16.0. The molecule has 0 saturated carbocycles. The molecule has 5 nitrogen and oxygen atoms in total. The van der Waals surface area contributed by atoms with Crippen LogP contribution in [-0.2, 0) is 0 Å². The van der Waals surface area contributed by atoms with Crippen LogP contribution in [-0.4, -0.2) is 19.2 Å². The topological polar surface area (TPSA) is 68.5 Å². The van der Waals surface area contributed by atoms with E-state index < -0.39 is 0 Å². The smallest absolute Gasteiger partial charge is 0.231 e. The maximum absolute atomic E-state index is 12.6. The Labute approximate surface area is 139 Å². The van der Waals surface area contributed by atoms with Crippen LogP contribution < -0.4 is 14.2 Å². The van der Waals surface area contributed by atoms with Crippen molar-refractivity contribution in [1.29, 1.82) is 5.26 Å². The second kappa shape index (κ2) is 6.88. The lowest BCUT2D eigenvalue weighted by molar-refractivity contribution is 0.103. The largest absolute Gasteiger partial charge is 0.493 e. The first kappa shape index (κ1) is 15.6. The van der Waals surface area contributed by atoms with E-state index in [0.29, 0.717) is 35.0 Å². The molecule has 24 heavy (non-hydrogen) atoms. The zero-order valence-electron chi connectivity index (χ0n) is 13.1. The molecule has 1 aliphatic rings. The molecule has 0 atom stereocenters. The number of nitrogens with zero attached hydrogens (tertiary/aromatic N) is 1. The lowest BCUT2D eigenvalue weighted by Gasteiger charge is -2.07. The van der Waals surface area contributed by atoms with E-state index in [0.717, 1.165) is 0 Å². The highest BCUT2D eigenvalue weighted by Gasteiger charge is 2.19. The fourth-order valence-corrected chi connectivity index (χ4v) is 2.38. The highest BCUT2D eigenvalue weighted by molar-refractivity contribution is 6.14. The molecule has 2 aromatic carbocycles. The van der Waals surface area contributed by atoms with Crippen LogP contribution in [0.4, 0.5) is 0 Å². The van der Waals surface area contributed by atoms with Gasteiger partial charge in [0.25, 0.3) is 0 Å². The standard InChI is InChI=1S/C19H15NO4/c1-2-22-16-6-4-3-5-13(16)9-15(11-20)19(21)14-7-8-17-18(10-14)24-12-23-17/h3-10H,2,12H2,1H3. The Hall–Kier alpha value is -3.26. The number of carbonyl (C=O) groups is 1. The van der Waals surface area contributed by atoms with Gasteiger partial charge in [-0.05, 0) is 37.3 Å². The molecule has 0 aromatic heterocycles. The first-order chi connectivity index (χ1) is 11.7. The van der Waals surface area contributed by atoms with E-state index in [2.05, 4.69) is 0 Å². The van der Waals surface area contributed by atoms with Crippen LogP contribution in [0.2, 0.25) is 0 Å². The average molecular weight is 321 g/mol. The molecule has 0 N–H and O–H groups in total. The van der Waals surface area contributed by atoms with Crippen molar-refractivity contribution in [2.24, 2.45) is 0 Å². The van der Waals surface area contributed by atoms with Gasteiger partial charge >= 0.3 is 0 Å². The normalized spacial score (nSPS) is 12.6. The summed E-state index contributed by atoms with van der Waals surface area (Å²) in [6, 6.07) is 14.1. The number of ether oxygens (including phenoxy) is 3. The Morgan fingerprint density at radius 1 is 1.25 bits per heavy atom. The summed E-state index contributed by atoms with van der Waals surface area (Å²) in [6.07, 6.45) is 1.54. The van der Waals surface area contributed by atoms with Crippen molar-refractivity contribution < 1.29 is 19.0 Å². The molecule has 120 valence electrons. The van der Waals surface area contributed by atoms with Crippen LogP contribution in [0.25, 0.3) is 6.08 Å². The number of benzene rings is 2. The summed E-state index contributed by atoms with van der Waals surface area (Å²) in [6.45, 7) is 2.52. The number of hydrogen-bond donors (Lipinski definition) is 0. The molecule has 5 heteroatoms. The molecular formula is C19H15NO4. The predicted molar refractivity (Wildman–Crippen MR) is 88.1 cm³/mol. The van der Waals surface area contributed by atoms with Gasteiger partial charge in [-0.15, -0.1) is 0 Å². The van der Waals surface area contributed by atoms with Crippen molar-refractivity contribution in [1.82, 2.24) is 0 Å². The zero-order valence-corrected chi connectivity index (χ0v) is 13.1. The van der Waals surface area contributed by atoms with Gasteiger partial charge in [-0.3, -0.25) is 4.79 Å². The number of ketones is 1. The maximum atomic E-state index is 12.6. The summed E-state index contributed by atoms with van der Waals surface area (Å²) in [5, 5.41) is 9.40. The monoisotopic (exact) mass is 321 g/mol. The van der Waals surface area contributed by atoms with Crippen molar-refractivity contribution in [3.8, 4) is 23.3 Å². The molecule has 0 bridgehead atoms. The third kappa shape index (κ3) is 3.08. The summed E-state index contributed by atoms with van der Waals surface area (Å²) in [4.78, 5) is 12.6. The molecule has 0 aliphatic carbocycles. The number of Topliss-reactive ketones (excluding diaryl/α,β-unsaturated/α-hetero) is 1. The van der Waals surface area contributed by atoms with E-state index >= 15 is 0 Å². The minimum Gasteiger partial charge on any atom is -0.493 e. The van der Waals surface area contributed by atoms with Crippen molar-refractivity contribution in [3.05, 3.63) is 59.2 Å². The SMILES string of the molecule is CCOc1ccccc1C=C(C#N)C(=O)c1ccc2c(c1)OCO2.